The Morgan fingerprint density at radius 3 is 2.41 bits per heavy atom. The Labute approximate surface area is 169 Å². The molecule has 2 heterocycles. The van der Waals surface area contributed by atoms with Crippen LogP contribution in [-0.4, -0.2) is 9.55 Å². The minimum atomic E-state index is -0.292. The first-order chi connectivity index (χ1) is 14.1. The molecule has 2 aromatic carbocycles. The Kier molecular flexibility index (Phi) is 4.99. The predicted octanol–water partition coefficient (Wildman–Crippen LogP) is 4.11. The van der Waals surface area contributed by atoms with E-state index in [1.807, 2.05) is 80.6 Å². The number of nitrogens with zero attached hydrogens (tertiary/aromatic N) is 2. The number of fused-ring (bicyclic) bond motifs is 1. The van der Waals surface area contributed by atoms with Gasteiger partial charge in [0.1, 0.15) is 0 Å². The Balaban J connectivity index is 2.00. The van der Waals surface area contributed by atoms with E-state index in [1.54, 1.807) is 10.8 Å². The average molecular weight is 379 g/mol. The zero-order valence-corrected chi connectivity index (χ0v) is 16.4. The van der Waals surface area contributed by atoms with Crippen LogP contribution in [0, 0.1) is 18.8 Å². The summed E-state index contributed by atoms with van der Waals surface area (Å²) in [5.41, 5.74) is 10.0. The number of rotatable bonds is 2. The molecule has 0 aliphatic rings. The van der Waals surface area contributed by atoms with Crippen molar-refractivity contribution in [3.8, 4) is 17.5 Å². The lowest BCUT2D eigenvalue weighted by Crippen LogP contribution is -2.26. The highest BCUT2D eigenvalue weighted by molar-refractivity contribution is 5.88. The molecule has 2 aromatic heterocycles. The highest BCUT2D eigenvalue weighted by Crippen LogP contribution is 2.22. The van der Waals surface area contributed by atoms with Crippen LogP contribution in [-0.2, 0) is 0 Å². The summed E-state index contributed by atoms with van der Waals surface area (Å²) in [6.07, 6.45) is 1.74. The van der Waals surface area contributed by atoms with Crippen LogP contribution >= 0.6 is 0 Å². The van der Waals surface area contributed by atoms with E-state index in [0.29, 0.717) is 10.9 Å². The van der Waals surface area contributed by atoms with E-state index in [9.17, 15) is 4.79 Å². The molecule has 2 N–H and O–H groups in total. The normalized spacial score (nSPS) is 11.7. The molecule has 0 bridgehead atoms. The van der Waals surface area contributed by atoms with Crippen LogP contribution in [0.15, 0.2) is 77.7 Å². The number of aromatic nitrogens is 2. The van der Waals surface area contributed by atoms with Gasteiger partial charge in [0.05, 0.1) is 11.1 Å². The molecule has 1 unspecified atom stereocenters. The number of aryl methyl sites for hydroxylation is 1. The zero-order chi connectivity index (χ0) is 20.4. The molecule has 29 heavy (non-hydrogen) atoms. The van der Waals surface area contributed by atoms with Gasteiger partial charge in [-0.3, -0.25) is 14.3 Å². The maximum Gasteiger partial charge on any atom is 0.264 e. The number of hydrogen-bond donors (Lipinski definition) is 1. The number of nitrogens with two attached hydrogens (primary N) is 1. The van der Waals surface area contributed by atoms with E-state index >= 15 is 0 Å². The Morgan fingerprint density at radius 2 is 1.69 bits per heavy atom. The molecule has 0 aliphatic heterocycles. The molecule has 4 rings (SSSR count). The van der Waals surface area contributed by atoms with Crippen molar-refractivity contribution in [2.24, 2.45) is 5.73 Å². The highest BCUT2D eigenvalue weighted by atomic mass is 16.1. The van der Waals surface area contributed by atoms with Crippen LogP contribution in [0.3, 0.4) is 0 Å². The molecule has 0 radical (unpaired) electrons. The van der Waals surface area contributed by atoms with Gasteiger partial charge in [0.25, 0.3) is 5.56 Å². The molecule has 4 aromatic rings. The smallest absolute Gasteiger partial charge is 0.264 e. The van der Waals surface area contributed by atoms with E-state index < -0.39 is 0 Å². The van der Waals surface area contributed by atoms with Crippen molar-refractivity contribution in [3.63, 3.8) is 0 Å². The van der Waals surface area contributed by atoms with E-state index in [4.69, 9.17) is 5.73 Å². The molecule has 1 atom stereocenters. The third-order valence-electron chi connectivity index (χ3n) is 4.89. The third-order valence-corrected chi connectivity index (χ3v) is 4.89. The highest BCUT2D eigenvalue weighted by Gasteiger charge is 2.15. The van der Waals surface area contributed by atoms with Crippen molar-refractivity contribution in [3.05, 3.63) is 106 Å². The minimum Gasteiger partial charge on any atom is -0.323 e. The Morgan fingerprint density at radius 1 is 0.966 bits per heavy atom. The Hall–Kier alpha value is -3.68. The van der Waals surface area contributed by atoms with Crippen LogP contribution < -0.4 is 11.3 Å². The molecule has 0 amide bonds. The summed E-state index contributed by atoms with van der Waals surface area (Å²) in [6.45, 7) is 3.80. The first-order valence-corrected chi connectivity index (χ1v) is 9.49. The van der Waals surface area contributed by atoms with Gasteiger partial charge >= 0.3 is 0 Å². The molecule has 0 saturated carbocycles. The van der Waals surface area contributed by atoms with Gasteiger partial charge in [-0.25, -0.2) is 0 Å². The topological polar surface area (TPSA) is 60.9 Å². The number of pyridine rings is 2. The fourth-order valence-corrected chi connectivity index (χ4v) is 3.42. The minimum absolute atomic E-state index is 0.117. The van der Waals surface area contributed by atoms with Gasteiger partial charge in [-0.2, -0.15) is 0 Å². The van der Waals surface area contributed by atoms with Gasteiger partial charge in [-0.15, -0.1) is 0 Å². The molecule has 0 fully saturated rings. The zero-order valence-electron chi connectivity index (χ0n) is 16.4. The second-order valence-corrected chi connectivity index (χ2v) is 6.99. The van der Waals surface area contributed by atoms with Crippen LogP contribution in [0.25, 0.3) is 16.5 Å². The lowest BCUT2D eigenvalue weighted by molar-refractivity contribution is 0.734. The van der Waals surface area contributed by atoms with Crippen LogP contribution in [0.4, 0.5) is 0 Å². The van der Waals surface area contributed by atoms with Crippen molar-refractivity contribution in [1.29, 1.82) is 0 Å². The second-order valence-electron chi connectivity index (χ2n) is 6.99. The van der Waals surface area contributed by atoms with Gasteiger partial charge in [0.2, 0.25) is 0 Å². The summed E-state index contributed by atoms with van der Waals surface area (Å²) in [7, 11) is 0. The fraction of sp³-hybridized carbons (Fsp3) is 0.120. The van der Waals surface area contributed by atoms with Gasteiger partial charge in [0, 0.05) is 34.7 Å². The molecule has 142 valence electrons. The van der Waals surface area contributed by atoms with Gasteiger partial charge in [0.15, 0.2) is 0 Å². The van der Waals surface area contributed by atoms with Crippen molar-refractivity contribution in [2.75, 3.05) is 0 Å². The SMILES string of the molecule is Cc1ncccc1C#Cc1cccc2cc(C(C)N)n(-c3ccccc3)c(=O)c12. The van der Waals surface area contributed by atoms with Crippen molar-refractivity contribution in [1.82, 2.24) is 9.55 Å². The van der Waals surface area contributed by atoms with E-state index in [-0.39, 0.29) is 11.6 Å². The van der Waals surface area contributed by atoms with Gasteiger partial charge < -0.3 is 5.73 Å². The van der Waals surface area contributed by atoms with Crippen molar-refractivity contribution >= 4 is 10.8 Å². The summed E-state index contributed by atoms with van der Waals surface area (Å²) in [4.78, 5) is 17.9. The van der Waals surface area contributed by atoms with E-state index in [1.165, 1.54) is 0 Å². The molecular weight excluding hydrogens is 358 g/mol. The third kappa shape index (κ3) is 3.56. The number of hydrogen-bond acceptors (Lipinski definition) is 3. The number of para-hydroxylation sites is 1. The van der Waals surface area contributed by atoms with Crippen molar-refractivity contribution in [2.45, 2.75) is 19.9 Å². The molecule has 4 nitrogen and oxygen atoms in total. The predicted molar refractivity (Wildman–Crippen MR) is 117 cm³/mol. The second kappa shape index (κ2) is 7.75. The van der Waals surface area contributed by atoms with Crippen LogP contribution in [0.5, 0.6) is 0 Å². The van der Waals surface area contributed by atoms with Crippen molar-refractivity contribution < 1.29 is 0 Å². The quantitative estimate of drug-likeness (QED) is 0.533. The monoisotopic (exact) mass is 379 g/mol. The largest absolute Gasteiger partial charge is 0.323 e. The maximum absolute atomic E-state index is 13.6. The van der Waals surface area contributed by atoms with Crippen LogP contribution in [0.2, 0.25) is 0 Å². The molecule has 0 spiro atoms. The van der Waals surface area contributed by atoms with E-state index in [2.05, 4.69) is 16.8 Å². The standard InChI is InChI=1S/C25H21N3O/c1-17(26)23-16-21-9-6-8-20(14-13-19-10-7-15-27-18(19)2)24(21)25(29)28(23)22-11-4-3-5-12-22/h3-12,15-17H,26H2,1-2H3. The summed E-state index contributed by atoms with van der Waals surface area (Å²) in [5, 5.41) is 1.43. The summed E-state index contributed by atoms with van der Waals surface area (Å²) >= 11 is 0. The summed E-state index contributed by atoms with van der Waals surface area (Å²) < 4.78 is 1.69. The first kappa shape index (κ1) is 18.7. The fourth-order valence-electron chi connectivity index (χ4n) is 3.42. The molecule has 0 aliphatic carbocycles. The van der Waals surface area contributed by atoms with Gasteiger partial charge in [-0.05, 0) is 55.6 Å². The van der Waals surface area contributed by atoms with Crippen LogP contribution in [0.1, 0.15) is 35.5 Å². The first-order valence-electron chi connectivity index (χ1n) is 9.49. The molecular formula is C25H21N3O. The summed E-state index contributed by atoms with van der Waals surface area (Å²) in [5.74, 6) is 6.34. The lowest BCUT2D eigenvalue weighted by Gasteiger charge is -2.17. The number of benzene rings is 2. The lowest BCUT2D eigenvalue weighted by atomic mass is 10.0. The molecule has 4 heteroatoms. The maximum atomic E-state index is 13.6. The average Bonchev–Trinajstić information content (AvgIpc) is 2.73. The van der Waals surface area contributed by atoms with E-state index in [0.717, 1.165) is 28.0 Å². The summed E-state index contributed by atoms with van der Waals surface area (Å²) in [6, 6.07) is 20.8. The Bertz CT molecular complexity index is 1310. The van der Waals surface area contributed by atoms with Gasteiger partial charge in [-0.1, -0.05) is 42.2 Å². The molecule has 0 saturated heterocycles.